The number of aliphatic hydroxyl groups excluding tert-OH is 1. The average molecular weight is 291 g/mol. The largest absolute Gasteiger partial charge is 0.497 e. The van der Waals surface area contributed by atoms with Gasteiger partial charge in [-0.3, -0.25) is 0 Å². The highest BCUT2D eigenvalue weighted by Crippen LogP contribution is 2.36. The summed E-state index contributed by atoms with van der Waals surface area (Å²) in [5.41, 5.74) is 0.163. The average Bonchev–Trinajstić information content (AvgIpc) is 2.26. The zero-order valence-corrected chi connectivity index (χ0v) is 10.3. The lowest BCUT2D eigenvalue weighted by atomic mass is 10.1. The third-order valence-electron chi connectivity index (χ3n) is 2.03. The molecule has 0 aliphatic carbocycles. The van der Waals surface area contributed by atoms with Gasteiger partial charge in [0.25, 0.3) is 0 Å². The topological polar surface area (TPSA) is 76.0 Å². The maximum absolute atomic E-state index is 10.7. The molecule has 1 atom stereocenters. The van der Waals surface area contributed by atoms with E-state index in [1.54, 1.807) is 6.07 Å². The number of rotatable bonds is 4. The van der Waals surface area contributed by atoms with Crippen molar-refractivity contribution in [1.82, 2.24) is 0 Å². The van der Waals surface area contributed by atoms with Crippen molar-refractivity contribution in [2.45, 2.75) is 6.10 Å². The molecular formula is C10H11BrO5. The Hall–Kier alpha value is -1.27. The van der Waals surface area contributed by atoms with E-state index in [1.807, 2.05) is 0 Å². The number of hydrogen-bond acceptors (Lipinski definition) is 4. The molecule has 0 saturated carbocycles. The van der Waals surface area contributed by atoms with Gasteiger partial charge in [-0.25, -0.2) is 4.79 Å². The molecule has 1 rings (SSSR count). The lowest BCUT2D eigenvalue weighted by Gasteiger charge is -2.14. The normalized spacial score (nSPS) is 12.0. The molecule has 16 heavy (non-hydrogen) atoms. The van der Waals surface area contributed by atoms with Crippen LogP contribution in [-0.2, 0) is 4.79 Å². The molecule has 0 fully saturated rings. The highest BCUT2D eigenvalue weighted by molar-refractivity contribution is 9.10. The predicted octanol–water partition coefficient (Wildman–Crippen LogP) is 1.58. The molecule has 0 radical (unpaired) electrons. The Morgan fingerprint density at radius 2 is 2.00 bits per heavy atom. The van der Waals surface area contributed by atoms with Crippen LogP contribution < -0.4 is 9.47 Å². The SMILES string of the molecule is COc1cc(Br)c(C(O)C(=O)O)c(OC)c1. The van der Waals surface area contributed by atoms with Crippen molar-refractivity contribution in [1.29, 1.82) is 0 Å². The van der Waals surface area contributed by atoms with E-state index in [4.69, 9.17) is 14.6 Å². The van der Waals surface area contributed by atoms with Crippen LogP contribution in [-0.4, -0.2) is 30.4 Å². The molecule has 0 saturated heterocycles. The molecule has 1 aromatic rings. The van der Waals surface area contributed by atoms with Gasteiger partial charge in [0.1, 0.15) is 11.5 Å². The van der Waals surface area contributed by atoms with E-state index in [9.17, 15) is 9.90 Å². The molecule has 0 bridgehead atoms. The zero-order valence-electron chi connectivity index (χ0n) is 8.73. The summed E-state index contributed by atoms with van der Waals surface area (Å²) < 4.78 is 10.4. The first-order valence-electron chi connectivity index (χ1n) is 4.33. The molecule has 1 unspecified atom stereocenters. The van der Waals surface area contributed by atoms with Crippen LogP contribution in [0.2, 0.25) is 0 Å². The number of halogens is 1. The molecule has 0 aromatic heterocycles. The van der Waals surface area contributed by atoms with E-state index in [0.29, 0.717) is 10.2 Å². The quantitative estimate of drug-likeness (QED) is 0.881. The van der Waals surface area contributed by atoms with Crippen LogP contribution >= 0.6 is 15.9 Å². The number of carbonyl (C=O) groups is 1. The first kappa shape index (κ1) is 12.8. The van der Waals surface area contributed by atoms with Crippen molar-refractivity contribution < 1.29 is 24.5 Å². The van der Waals surface area contributed by atoms with E-state index in [2.05, 4.69) is 15.9 Å². The number of aliphatic carboxylic acids is 1. The van der Waals surface area contributed by atoms with E-state index < -0.39 is 12.1 Å². The van der Waals surface area contributed by atoms with Gasteiger partial charge in [-0.05, 0) is 6.07 Å². The molecule has 6 heteroatoms. The number of hydrogen-bond donors (Lipinski definition) is 2. The minimum atomic E-state index is -1.64. The minimum Gasteiger partial charge on any atom is -0.497 e. The third kappa shape index (κ3) is 2.45. The summed E-state index contributed by atoms with van der Waals surface area (Å²) in [5, 5.41) is 18.3. The lowest BCUT2D eigenvalue weighted by molar-refractivity contribution is -0.147. The smallest absolute Gasteiger partial charge is 0.337 e. The lowest BCUT2D eigenvalue weighted by Crippen LogP contribution is -2.12. The maximum Gasteiger partial charge on any atom is 0.337 e. The molecule has 0 aliphatic rings. The Bertz CT molecular complexity index is 404. The van der Waals surface area contributed by atoms with Crippen LogP contribution in [0.5, 0.6) is 11.5 Å². The summed E-state index contributed by atoms with van der Waals surface area (Å²) in [6, 6.07) is 3.07. The summed E-state index contributed by atoms with van der Waals surface area (Å²) in [6.45, 7) is 0. The first-order valence-corrected chi connectivity index (χ1v) is 5.12. The van der Waals surface area contributed by atoms with Gasteiger partial charge >= 0.3 is 5.97 Å². The van der Waals surface area contributed by atoms with Crippen molar-refractivity contribution in [2.24, 2.45) is 0 Å². The molecule has 5 nitrogen and oxygen atoms in total. The molecule has 0 spiro atoms. The van der Waals surface area contributed by atoms with Crippen molar-refractivity contribution in [2.75, 3.05) is 14.2 Å². The number of carboxylic acid groups (broad SMARTS) is 1. The molecule has 2 N–H and O–H groups in total. The highest BCUT2D eigenvalue weighted by Gasteiger charge is 2.24. The number of methoxy groups -OCH3 is 2. The van der Waals surface area contributed by atoms with Crippen LogP contribution in [0.4, 0.5) is 0 Å². The van der Waals surface area contributed by atoms with Gasteiger partial charge in [0.05, 0.1) is 14.2 Å². The van der Waals surface area contributed by atoms with E-state index in [1.165, 1.54) is 20.3 Å². The fraction of sp³-hybridized carbons (Fsp3) is 0.300. The first-order chi connectivity index (χ1) is 7.51. The Balaban J connectivity index is 3.31. The van der Waals surface area contributed by atoms with Gasteiger partial charge in [-0.2, -0.15) is 0 Å². The monoisotopic (exact) mass is 290 g/mol. The number of carboxylic acids is 1. The molecule has 1 aromatic carbocycles. The van der Waals surface area contributed by atoms with Crippen molar-refractivity contribution in [3.8, 4) is 11.5 Å². The van der Waals surface area contributed by atoms with Crippen molar-refractivity contribution in [3.63, 3.8) is 0 Å². The van der Waals surface area contributed by atoms with Crippen LogP contribution in [0.3, 0.4) is 0 Å². The summed E-state index contributed by atoms with van der Waals surface area (Å²) in [5.74, 6) is -0.588. The molecule has 88 valence electrons. The molecule has 0 amide bonds. The number of ether oxygens (including phenoxy) is 2. The van der Waals surface area contributed by atoms with E-state index in [0.717, 1.165) is 0 Å². The Morgan fingerprint density at radius 3 is 2.44 bits per heavy atom. The van der Waals surface area contributed by atoms with Gasteiger partial charge in [0.2, 0.25) is 0 Å². The number of aliphatic hydroxyl groups is 1. The summed E-state index contributed by atoms with van der Waals surface area (Å²) in [7, 11) is 2.87. The summed E-state index contributed by atoms with van der Waals surface area (Å²) >= 11 is 3.17. The maximum atomic E-state index is 10.7. The Morgan fingerprint density at radius 1 is 1.38 bits per heavy atom. The Kier molecular flexibility index (Phi) is 4.14. The zero-order chi connectivity index (χ0) is 12.3. The Labute approximate surface area is 101 Å². The van der Waals surface area contributed by atoms with Gasteiger partial charge in [-0.15, -0.1) is 0 Å². The second-order valence-electron chi connectivity index (χ2n) is 2.97. The molecule has 0 aliphatic heterocycles. The third-order valence-corrected chi connectivity index (χ3v) is 2.68. The molecule has 0 heterocycles. The van der Waals surface area contributed by atoms with Gasteiger partial charge in [0, 0.05) is 16.1 Å². The van der Waals surface area contributed by atoms with Crippen LogP contribution in [0.25, 0.3) is 0 Å². The predicted molar refractivity (Wildman–Crippen MR) is 59.8 cm³/mol. The fourth-order valence-corrected chi connectivity index (χ4v) is 1.88. The van der Waals surface area contributed by atoms with Crippen molar-refractivity contribution >= 4 is 21.9 Å². The summed E-state index contributed by atoms with van der Waals surface area (Å²) in [4.78, 5) is 10.7. The molecular weight excluding hydrogens is 280 g/mol. The highest BCUT2D eigenvalue weighted by atomic mass is 79.9. The van der Waals surface area contributed by atoms with Gasteiger partial charge < -0.3 is 19.7 Å². The van der Waals surface area contributed by atoms with Gasteiger partial charge in [0.15, 0.2) is 6.10 Å². The minimum absolute atomic E-state index is 0.163. The van der Waals surface area contributed by atoms with Crippen molar-refractivity contribution in [3.05, 3.63) is 22.2 Å². The second kappa shape index (κ2) is 5.18. The van der Waals surface area contributed by atoms with Crippen LogP contribution in [0.1, 0.15) is 11.7 Å². The fourth-order valence-electron chi connectivity index (χ4n) is 1.24. The van der Waals surface area contributed by atoms with Crippen LogP contribution in [0, 0.1) is 0 Å². The van der Waals surface area contributed by atoms with E-state index >= 15 is 0 Å². The van der Waals surface area contributed by atoms with Crippen LogP contribution in [0.15, 0.2) is 16.6 Å². The van der Waals surface area contributed by atoms with E-state index in [-0.39, 0.29) is 11.3 Å². The standard InChI is InChI=1S/C10H11BrO5/c1-15-5-3-6(11)8(7(4-5)16-2)9(12)10(13)14/h3-4,9,12H,1-2H3,(H,13,14). The number of benzene rings is 1. The summed E-state index contributed by atoms with van der Waals surface area (Å²) in [6.07, 6.45) is -1.64. The van der Waals surface area contributed by atoms with Gasteiger partial charge in [-0.1, -0.05) is 15.9 Å². The second-order valence-corrected chi connectivity index (χ2v) is 3.82.